The monoisotopic (exact) mass is 306 g/mol. The van der Waals surface area contributed by atoms with Gasteiger partial charge in [-0.3, -0.25) is 4.79 Å². The molecular weight excluding hydrogens is 291 g/mol. The Morgan fingerprint density at radius 3 is 2.78 bits per heavy atom. The average molecular weight is 307 g/mol. The zero-order valence-corrected chi connectivity index (χ0v) is 12.6. The first-order valence-corrected chi connectivity index (χ1v) is 7.62. The summed E-state index contributed by atoms with van der Waals surface area (Å²) >= 11 is 13.6. The molecule has 18 heavy (non-hydrogen) atoms. The predicted molar refractivity (Wildman–Crippen MR) is 80.8 cm³/mol. The molecule has 0 saturated carbocycles. The fraction of sp³-hybridized carbons (Fsp3) is 0.417. The van der Waals surface area contributed by atoms with Gasteiger partial charge in [-0.25, -0.2) is 0 Å². The highest BCUT2D eigenvalue weighted by molar-refractivity contribution is 7.98. The molecule has 1 aromatic carbocycles. The van der Waals surface area contributed by atoms with E-state index < -0.39 is 0 Å². The molecule has 1 rings (SSSR count). The number of benzene rings is 1. The number of carbonyl (C=O) groups is 1. The van der Waals surface area contributed by atoms with Crippen LogP contribution in [0.1, 0.15) is 17.3 Å². The quantitative estimate of drug-likeness (QED) is 0.821. The molecule has 0 spiro atoms. The second-order valence-corrected chi connectivity index (χ2v) is 5.83. The standard InChI is InChI=1S/C12H16Cl2N2OS/c1-7(6-18-2)5-16-12(17)9-3-8(15)4-10(13)11(9)14/h3-4,7H,5-6,15H2,1-2H3,(H,16,17). The summed E-state index contributed by atoms with van der Waals surface area (Å²) in [5.74, 6) is 1.15. The molecule has 0 radical (unpaired) electrons. The van der Waals surface area contributed by atoms with E-state index >= 15 is 0 Å². The van der Waals surface area contributed by atoms with Crippen molar-refractivity contribution in [1.29, 1.82) is 0 Å². The van der Waals surface area contributed by atoms with Gasteiger partial charge in [0.2, 0.25) is 0 Å². The lowest BCUT2D eigenvalue weighted by atomic mass is 10.1. The second kappa shape index (κ2) is 7.12. The maximum absolute atomic E-state index is 12.0. The van der Waals surface area contributed by atoms with Gasteiger partial charge in [0.15, 0.2) is 0 Å². The lowest BCUT2D eigenvalue weighted by Gasteiger charge is -2.12. The van der Waals surface area contributed by atoms with Gasteiger partial charge in [-0.2, -0.15) is 11.8 Å². The maximum Gasteiger partial charge on any atom is 0.252 e. The van der Waals surface area contributed by atoms with Crippen LogP contribution in [-0.4, -0.2) is 24.5 Å². The Morgan fingerprint density at radius 2 is 2.17 bits per heavy atom. The van der Waals surface area contributed by atoms with Crippen LogP contribution < -0.4 is 11.1 Å². The molecule has 0 aromatic heterocycles. The zero-order chi connectivity index (χ0) is 13.7. The predicted octanol–water partition coefficient (Wildman–Crippen LogP) is 3.30. The van der Waals surface area contributed by atoms with E-state index in [1.807, 2.05) is 6.26 Å². The fourth-order valence-corrected chi connectivity index (χ4v) is 2.59. The smallest absolute Gasteiger partial charge is 0.252 e. The Labute approximate surface area is 121 Å². The molecule has 0 heterocycles. The molecule has 0 aliphatic heterocycles. The van der Waals surface area contributed by atoms with Gasteiger partial charge in [0, 0.05) is 12.2 Å². The summed E-state index contributed by atoms with van der Waals surface area (Å²) < 4.78 is 0. The summed E-state index contributed by atoms with van der Waals surface area (Å²) in [6, 6.07) is 3.06. The van der Waals surface area contributed by atoms with Crippen molar-refractivity contribution >= 4 is 46.6 Å². The van der Waals surface area contributed by atoms with Crippen molar-refractivity contribution in [2.24, 2.45) is 5.92 Å². The van der Waals surface area contributed by atoms with Crippen LogP contribution in [0.2, 0.25) is 10.0 Å². The fourth-order valence-electron chi connectivity index (χ4n) is 1.48. The number of carbonyl (C=O) groups excluding carboxylic acids is 1. The first kappa shape index (κ1) is 15.5. The molecule has 1 atom stereocenters. The van der Waals surface area contributed by atoms with Gasteiger partial charge in [-0.15, -0.1) is 0 Å². The third-order valence-electron chi connectivity index (χ3n) is 2.36. The van der Waals surface area contributed by atoms with E-state index in [2.05, 4.69) is 12.2 Å². The van der Waals surface area contributed by atoms with Crippen molar-refractivity contribution in [3.05, 3.63) is 27.7 Å². The van der Waals surface area contributed by atoms with E-state index in [-0.39, 0.29) is 10.9 Å². The van der Waals surface area contributed by atoms with Gasteiger partial charge in [0.25, 0.3) is 5.91 Å². The minimum atomic E-state index is -0.248. The molecular formula is C12H16Cl2N2OS. The SMILES string of the molecule is CSCC(C)CNC(=O)c1cc(N)cc(Cl)c1Cl. The van der Waals surface area contributed by atoms with Gasteiger partial charge >= 0.3 is 0 Å². The maximum atomic E-state index is 12.0. The summed E-state index contributed by atoms with van der Waals surface area (Å²) in [7, 11) is 0. The molecule has 0 fully saturated rings. The van der Waals surface area contributed by atoms with E-state index in [1.165, 1.54) is 12.1 Å². The minimum absolute atomic E-state index is 0.237. The van der Waals surface area contributed by atoms with E-state index in [0.29, 0.717) is 28.7 Å². The minimum Gasteiger partial charge on any atom is -0.399 e. The van der Waals surface area contributed by atoms with E-state index in [4.69, 9.17) is 28.9 Å². The Morgan fingerprint density at radius 1 is 1.50 bits per heavy atom. The molecule has 6 heteroatoms. The highest BCUT2D eigenvalue weighted by atomic mass is 35.5. The number of hydrogen-bond donors (Lipinski definition) is 2. The summed E-state index contributed by atoms with van der Waals surface area (Å²) in [4.78, 5) is 12.0. The largest absolute Gasteiger partial charge is 0.399 e. The van der Waals surface area contributed by atoms with E-state index in [1.54, 1.807) is 11.8 Å². The highest BCUT2D eigenvalue weighted by Gasteiger charge is 2.14. The third-order valence-corrected chi connectivity index (χ3v) is 4.06. The molecule has 0 aliphatic carbocycles. The van der Waals surface area contributed by atoms with Crippen LogP contribution in [0.15, 0.2) is 12.1 Å². The average Bonchev–Trinajstić information content (AvgIpc) is 2.31. The molecule has 1 amide bonds. The number of amides is 1. The lowest BCUT2D eigenvalue weighted by molar-refractivity contribution is 0.0949. The summed E-state index contributed by atoms with van der Waals surface area (Å²) in [5, 5.41) is 3.36. The first-order valence-electron chi connectivity index (χ1n) is 5.47. The second-order valence-electron chi connectivity index (χ2n) is 4.13. The van der Waals surface area contributed by atoms with Crippen LogP contribution in [0, 0.1) is 5.92 Å². The van der Waals surface area contributed by atoms with Crippen molar-refractivity contribution in [3.8, 4) is 0 Å². The third kappa shape index (κ3) is 4.26. The molecule has 1 unspecified atom stereocenters. The summed E-state index contributed by atoms with van der Waals surface area (Å²) in [5.41, 5.74) is 6.38. The molecule has 0 bridgehead atoms. The summed E-state index contributed by atoms with van der Waals surface area (Å²) in [6.07, 6.45) is 2.03. The van der Waals surface area contributed by atoms with Crippen molar-refractivity contribution in [1.82, 2.24) is 5.32 Å². The highest BCUT2D eigenvalue weighted by Crippen LogP contribution is 2.28. The number of nitrogen functional groups attached to an aromatic ring is 1. The first-order chi connectivity index (χ1) is 8.45. The molecule has 3 N–H and O–H groups in total. The van der Waals surface area contributed by atoms with Gasteiger partial charge in [0.05, 0.1) is 15.6 Å². The lowest BCUT2D eigenvalue weighted by Crippen LogP contribution is -2.29. The van der Waals surface area contributed by atoms with Crippen molar-refractivity contribution in [2.45, 2.75) is 6.92 Å². The molecule has 3 nitrogen and oxygen atoms in total. The normalized spacial score (nSPS) is 12.2. The van der Waals surface area contributed by atoms with E-state index in [9.17, 15) is 4.79 Å². The molecule has 1 aromatic rings. The number of thioether (sulfide) groups is 1. The van der Waals surface area contributed by atoms with Crippen molar-refractivity contribution < 1.29 is 4.79 Å². The number of rotatable bonds is 5. The summed E-state index contributed by atoms with van der Waals surface area (Å²) in [6.45, 7) is 2.67. The topological polar surface area (TPSA) is 55.1 Å². The van der Waals surface area contributed by atoms with Crippen LogP contribution in [-0.2, 0) is 0 Å². The van der Waals surface area contributed by atoms with Crippen LogP contribution in [0.3, 0.4) is 0 Å². The number of halogens is 2. The van der Waals surface area contributed by atoms with Crippen molar-refractivity contribution in [3.63, 3.8) is 0 Å². The van der Waals surface area contributed by atoms with Crippen LogP contribution >= 0.6 is 35.0 Å². The van der Waals surface area contributed by atoms with Gasteiger partial charge in [-0.1, -0.05) is 30.1 Å². The van der Waals surface area contributed by atoms with E-state index in [0.717, 1.165) is 5.75 Å². The number of nitrogens with two attached hydrogens (primary N) is 1. The van der Waals surface area contributed by atoms with Crippen LogP contribution in [0.5, 0.6) is 0 Å². The molecule has 0 aliphatic rings. The van der Waals surface area contributed by atoms with Crippen LogP contribution in [0.25, 0.3) is 0 Å². The Hall–Kier alpha value is -0.580. The Balaban J connectivity index is 2.73. The number of nitrogens with one attached hydrogen (secondary N) is 1. The zero-order valence-electron chi connectivity index (χ0n) is 10.3. The Kier molecular flexibility index (Phi) is 6.12. The molecule has 100 valence electrons. The molecule has 0 saturated heterocycles. The van der Waals surface area contributed by atoms with Gasteiger partial charge in [0.1, 0.15) is 0 Å². The van der Waals surface area contributed by atoms with Gasteiger partial charge < -0.3 is 11.1 Å². The van der Waals surface area contributed by atoms with Gasteiger partial charge in [-0.05, 0) is 30.1 Å². The Bertz CT molecular complexity index is 440. The van der Waals surface area contributed by atoms with Crippen LogP contribution in [0.4, 0.5) is 5.69 Å². The number of hydrogen-bond acceptors (Lipinski definition) is 3. The number of anilines is 1. The van der Waals surface area contributed by atoms with Crippen molar-refractivity contribution in [2.75, 3.05) is 24.3 Å².